The zero-order valence-corrected chi connectivity index (χ0v) is 13.7. The molecule has 0 radical (unpaired) electrons. The van der Waals surface area contributed by atoms with E-state index < -0.39 is 0 Å². The summed E-state index contributed by atoms with van der Waals surface area (Å²) in [6, 6.07) is 5.59. The summed E-state index contributed by atoms with van der Waals surface area (Å²) in [6.45, 7) is 1.28. The Labute approximate surface area is 144 Å². The molecule has 0 saturated heterocycles. The van der Waals surface area contributed by atoms with Crippen molar-refractivity contribution in [3.63, 3.8) is 0 Å². The summed E-state index contributed by atoms with van der Waals surface area (Å²) < 4.78 is 13.3. The highest BCUT2D eigenvalue weighted by Crippen LogP contribution is 2.42. The number of fused-ring (bicyclic) bond motifs is 2. The van der Waals surface area contributed by atoms with Gasteiger partial charge in [0.05, 0.1) is 13.2 Å². The number of ketones is 1. The van der Waals surface area contributed by atoms with Gasteiger partial charge in [-0.2, -0.15) is 10.1 Å². The molecule has 2 aromatic rings. The van der Waals surface area contributed by atoms with Gasteiger partial charge in [-0.3, -0.25) is 4.79 Å². The Morgan fingerprint density at radius 2 is 2.00 bits per heavy atom. The fourth-order valence-corrected chi connectivity index (χ4v) is 3.75. The van der Waals surface area contributed by atoms with Gasteiger partial charge in [0.1, 0.15) is 12.4 Å². The summed E-state index contributed by atoms with van der Waals surface area (Å²) in [5.74, 6) is 2.32. The average molecular weight is 338 g/mol. The number of allylic oxidation sites excluding steroid dienone is 2. The van der Waals surface area contributed by atoms with Crippen LogP contribution in [0, 0.1) is 0 Å². The monoisotopic (exact) mass is 338 g/mol. The van der Waals surface area contributed by atoms with Gasteiger partial charge >= 0.3 is 0 Å². The van der Waals surface area contributed by atoms with Crippen molar-refractivity contribution in [3.05, 3.63) is 41.4 Å². The molecule has 3 aliphatic rings. The van der Waals surface area contributed by atoms with Gasteiger partial charge in [-0.05, 0) is 30.5 Å². The number of benzene rings is 1. The molecule has 0 fully saturated rings. The molecule has 7 heteroatoms. The number of aromatic nitrogens is 3. The first-order valence-corrected chi connectivity index (χ1v) is 8.63. The van der Waals surface area contributed by atoms with E-state index in [1.54, 1.807) is 4.68 Å². The van der Waals surface area contributed by atoms with Crippen molar-refractivity contribution in [3.8, 4) is 11.5 Å². The van der Waals surface area contributed by atoms with Crippen LogP contribution >= 0.6 is 0 Å². The van der Waals surface area contributed by atoms with Crippen LogP contribution in [0.4, 0.5) is 5.95 Å². The lowest BCUT2D eigenvalue weighted by Crippen LogP contribution is -2.31. The smallest absolute Gasteiger partial charge is 0.226 e. The van der Waals surface area contributed by atoms with Crippen LogP contribution in [-0.2, 0) is 4.79 Å². The van der Waals surface area contributed by atoms with Gasteiger partial charge in [0.2, 0.25) is 5.95 Å². The lowest BCUT2D eigenvalue weighted by molar-refractivity contribution is -0.116. The van der Waals surface area contributed by atoms with E-state index in [1.165, 1.54) is 6.33 Å². The third-order valence-corrected chi connectivity index (χ3v) is 4.90. The van der Waals surface area contributed by atoms with Crippen LogP contribution in [0.25, 0.3) is 0 Å². The molecule has 3 heterocycles. The number of carbonyl (C=O) groups excluding carboxylic acids is 1. The summed E-state index contributed by atoms with van der Waals surface area (Å²) in [7, 11) is 0. The number of carbonyl (C=O) groups is 1. The van der Waals surface area contributed by atoms with E-state index in [-0.39, 0.29) is 11.8 Å². The number of hydrogen-bond donors (Lipinski definition) is 1. The zero-order chi connectivity index (χ0) is 16.8. The maximum atomic E-state index is 12.7. The molecule has 0 bridgehead atoms. The van der Waals surface area contributed by atoms with Gasteiger partial charge < -0.3 is 14.8 Å². The number of Topliss-reactive ketones (excluding diaryl/α,β-unsaturated/α-hetero) is 1. The molecule has 1 unspecified atom stereocenters. The molecule has 1 atom stereocenters. The number of ether oxygens (including phenoxy) is 2. The van der Waals surface area contributed by atoms with Crippen molar-refractivity contribution in [2.75, 3.05) is 18.5 Å². The topological polar surface area (TPSA) is 78.3 Å². The van der Waals surface area contributed by atoms with Crippen LogP contribution in [-0.4, -0.2) is 33.8 Å². The number of nitrogens with zero attached hydrogens (tertiary/aromatic N) is 3. The molecule has 1 aliphatic carbocycles. The molecule has 128 valence electrons. The van der Waals surface area contributed by atoms with Gasteiger partial charge in [0, 0.05) is 24.1 Å². The molecule has 1 aromatic heterocycles. The Kier molecular flexibility index (Phi) is 3.26. The maximum absolute atomic E-state index is 12.7. The number of rotatable bonds is 1. The van der Waals surface area contributed by atoms with E-state index in [0.29, 0.717) is 25.6 Å². The van der Waals surface area contributed by atoms with E-state index in [9.17, 15) is 4.79 Å². The highest BCUT2D eigenvalue weighted by atomic mass is 16.5. The fraction of sp³-hybridized carbons (Fsp3) is 0.389. The van der Waals surface area contributed by atoms with Crippen molar-refractivity contribution >= 4 is 11.7 Å². The third-order valence-electron chi connectivity index (χ3n) is 4.90. The van der Waals surface area contributed by atoms with E-state index >= 15 is 0 Å². The minimum Gasteiger partial charge on any atom is -0.490 e. The SMILES string of the molecule is O=C1CCCC2=C1C(c1ccc3c(c1)OCCCO3)n1ncnc1N2. The predicted molar refractivity (Wildman–Crippen MR) is 89.7 cm³/mol. The summed E-state index contributed by atoms with van der Waals surface area (Å²) in [4.78, 5) is 17.0. The largest absolute Gasteiger partial charge is 0.490 e. The van der Waals surface area contributed by atoms with Gasteiger partial charge in [-0.1, -0.05) is 6.07 Å². The van der Waals surface area contributed by atoms with Gasteiger partial charge in [-0.25, -0.2) is 4.68 Å². The van der Waals surface area contributed by atoms with Crippen molar-refractivity contribution in [2.24, 2.45) is 0 Å². The van der Waals surface area contributed by atoms with Crippen LogP contribution in [0.15, 0.2) is 35.8 Å². The molecule has 7 nitrogen and oxygen atoms in total. The molecule has 25 heavy (non-hydrogen) atoms. The van der Waals surface area contributed by atoms with Crippen LogP contribution in [0.5, 0.6) is 11.5 Å². The van der Waals surface area contributed by atoms with E-state index in [1.807, 2.05) is 18.2 Å². The van der Waals surface area contributed by atoms with Gasteiger partial charge in [-0.15, -0.1) is 0 Å². The Bertz CT molecular complexity index is 886. The minimum atomic E-state index is -0.279. The van der Waals surface area contributed by atoms with Crippen molar-refractivity contribution < 1.29 is 14.3 Å². The molecule has 0 saturated carbocycles. The number of nitrogens with one attached hydrogen (secondary N) is 1. The van der Waals surface area contributed by atoms with Crippen molar-refractivity contribution in [2.45, 2.75) is 31.7 Å². The lowest BCUT2D eigenvalue weighted by atomic mass is 9.85. The first kappa shape index (κ1) is 14.5. The summed E-state index contributed by atoms with van der Waals surface area (Å²) in [6.07, 6.45) is 4.67. The van der Waals surface area contributed by atoms with E-state index in [4.69, 9.17) is 9.47 Å². The second-order valence-electron chi connectivity index (χ2n) is 6.48. The Hall–Kier alpha value is -2.83. The molecule has 5 rings (SSSR count). The molecule has 0 amide bonds. The molecule has 1 N–H and O–H groups in total. The first-order valence-electron chi connectivity index (χ1n) is 8.63. The summed E-state index contributed by atoms with van der Waals surface area (Å²) >= 11 is 0. The summed E-state index contributed by atoms with van der Waals surface area (Å²) in [5.41, 5.74) is 2.72. The summed E-state index contributed by atoms with van der Waals surface area (Å²) in [5, 5.41) is 7.63. The van der Waals surface area contributed by atoms with E-state index in [2.05, 4.69) is 15.4 Å². The van der Waals surface area contributed by atoms with Crippen LogP contribution in [0.3, 0.4) is 0 Å². The van der Waals surface area contributed by atoms with Gasteiger partial charge in [0.15, 0.2) is 17.3 Å². The van der Waals surface area contributed by atoms with Crippen molar-refractivity contribution in [1.29, 1.82) is 0 Å². The third kappa shape index (κ3) is 2.30. The molecule has 1 aromatic carbocycles. The van der Waals surface area contributed by atoms with E-state index in [0.717, 1.165) is 47.6 Å². The lowest BCUT2D eigenvalue weighted by Gasteiger charge is -2.32. The van der Waals surface area contributed by atoms with Crippen LogP contribution in [0.2, 0.25) is 0 Å². The number of hydrogen-bond acceptors (Lipinski definition) is 6. The van der Waals surface area contributed by atoms with Crippen LogP contribution in [0.1, 0.15) is 37.3 Å². The first-order chi connectivity index (χ1) is 12.3. The second kappa shape index (κ2) is 5.61. The molecule has 2 aliphatic heterocycles. The Morgan fingerprint density at radius 3 is 2.92 bits per heavy atom. The maximum Gasteiger partial charge on any atom is 0.226 e. The molecular weight excluding hydrogens is 320 g/mol. The van der Waals surface area contributed by atoms with Crippen molar-refractivity contribution in [1.82, 2.24) is 14.8 Å². The highest BCUT2D eigenvalue weighted by Gasteiger charge is 2.36. The second-order valence-corrected chi connectivity index (χ2v) is 6.48. The average Bonchev–Trinajstić information content (AvgIpc) is 2.96. The zero-order valence-electron chi connectivity index (χ0n) is 13.7. The standard InChI is InChI=1S/C18H18N4O3/c23-13-4-1-3-12-16(13)17(22-18(21-12)19-10-20-22)11-5-6-14-15(9-11)25-8-2-7-24-14/h5-6,9-10,17H,1-4,7-8H2,(H,19,20,21). The quantitative estimate of drug-likeness (QED) is 0.860. The minimum absolute atomic E-state index is 0.173. The van der Waals surface area contributed by atoms with Crippen LogP contribution < -0.4 is 14.8 Å². The highest BCUT2D eigenvalue weighted by molar-refractivity contribution is 5.99. The normalized spacial score (nSPS) is 21.9. The Balaban J connectivity index is 1.65. The number of anilines is 1. The molecule has 0 spiro atoms. The van der Waals surface area contributed by atoms with Gasteiger partial charge in [0.25, 0.3) is 0 Å². The fourth-order valence-electron chi connectivity index (χ4n) is 3.75. The predicted octanol–water partition coefficient (Wildman–Crippen LogP) is 2.46. The Morgan fingerprint density at radius 1 is 1.12 bits per heavy atom. The molecular formula is C18H18N4O3.